The van der Waals surface area contributed by atoms with E-state index in [9.17, 15) is 0 Å². The summed E-state index contributed by atoms with van der Waals surface area (Å²) in [7, 11) is 1.92. The Balaban J connectivity index is 2.56. The summed E-state index contributed by atoms with van der Waals surface area (Å²) in [6, 6.07) is 8.18. The zero-order chi connectivity index (χ0) is 14.1. The number of nitrogens with one attached hydrogen (secondary N) is 2. The van der Waals surface area contributed by atoms with Gasteiger partial charge in [0.2, 0.25) is 0 Å². The molecule has 0 fully saturated rings. The predicted octanol–water partition coefficient (Wildman–Crippen LogP) is 4.38. The topological polar surface area (TPSA) is 24.1 Å². The van der Waals surface area contributed by atoms with E-state index in [0.29, 0.717) is 0 Å². The van der Waals surface area contributed by atoms with E-state index in [0.717, 1.165) is 35.5 Å². The van der Waals surface area contributed by atoms with Crippen LogP contribution in [0.15, 0.2) is 54.2 Å². The molecule has 0 saturated carbocycles. The monoisotopic (exact) mass is 276 g/mol. The number of hydrogen-bond acceptors (Lipinski definition) is 2. The Morgan fingerprint density at radius 3 is 2.74 bits per heavy atom. The highest BCUT2D eigenvalue weighted by Crippen LogP contribution is 2.24. The molecule has 0 saturated heterocycles. The molecule has 19 heavy (non-hydrogen) atoms. The molecule has 0 amide bonds. The summed E-state index contributed by atoms with van der Waals surface area (Å²) in [6.45, 7) is 6.92. The molecular formula is C16H21ClN2. The summed E-state index contributed by atoms with van der Waals surface area (Å²) in [4.78, 5) is 0. The highest BCUT2D eigenvalue weighted by Gasteiger charge is 2.03. The van der Waals surface area contributed by atoms with Crippen LogP contribution in [0.4, 0.5) is 5.69 Å². The molecule has 0 unspecified atom stereocenters. The lowest BCUT2D eigenvalue weighted by Gasteiger charge is -2.12. The van der Waals surface area contributed by atoms with Crippen LogP contribution >= 0.6 is 11.6 Å². The van der Waals surface area contributed by atoms with Gasteiger partial charge in [0.1, 0.15) is 0 Å². The summed E-state index contributed by atoms with van der Waals surface area (Å²) in [5, 5.41) is 6.45. The molecule has 0 aromatic heterocycles. The predicted molar refractivity (Wildman–Crippen MR) is 86.4 cm³/mol. The van der Waals surface area contributed by atoms with Gasteiger partial charge < -0.3 is 10.6 Å². The average Bonchev–Trinajstić information content (AvgIpc) is 2.46. The minimum absolute atomic E-state index is 0.805. The fraction of sp³-hybridized carbons (Fsp3) is 0.250. The van der Waals surface area contributed by atoms with Crippen molar-refractivity contribution in [3.8, 4) is 0 Å². The standard InChI is InChI=1S/C16H21ClN2/c1-4-7-14(12-17)19-11-10-13(2)15-8-5-6-9-16(15)18-3/h4-9,12,18-19H,2,10-11H2,1,3H3/b7-4-,14-12+. The molecule has 0 spiro atoms. The summed E-state index contributed by atoms with van der Waals surface area (Å²) >= 11 is 5.72. The van der Waals surface area contributed by atoms with Gasteiger partial charge in [-0.05, 0) is 31.1 Å². The minimum atomic E-state index is 0.805. The zero-order valence-electron chi connectivity index (χ0n) is 11.5. The number of hydrogen-bond donors (Lipinski definition) is 2. The van der Waals surface area contributed by atoms with Gasteiger partial charge in [-0.3, -0.25) is 0 Å². The van der Waals surface area contributed by atoms with E-state index in [1.807, 2.05) is 38.3 Å². The van der Waals surface area contributed by atoms with Crippen molar-refractivity contribution in [2.45, 2.75) is 13.3 Å². The number of para-hydroxylation sites is 1. The van der Waals surface area contributed by atoms with Gasteiger partial charge in [0, 0.05) is 36.1 Å². The van der Waals surface area contributed by atoms with E-state index < -0.39 is 0 Å². The van der Waals surface area contributed by atoms with Gasteiger partial charge in [-0.1, -0.05) is 42.5 Å². The van der Waals surface area contributed by atoms with Crippen molar-refractivity contribution in [3.05, 3.63) is 59.8 Å². The quantitative estimate of drug-likeness (QED) is 0.722. The largest absolute Gasteiger partial charge is 0.388 e. The molecule has 3 heteroatoms. The van der Waals surface area contributed by atoms with Gasteiger partial charge in [0.15, 0.2) is 0 Å². The highest BCUT2D eigenvalue weighted by molar-refractivity contribution is 6.25. The summed E-state index contributed by atoms with van der Waals surface area (Å²) in [5.41, 5.74) is 5.83. The lowest BCUT2D eigenvalue weighted by Crippen LogP contribution is -2.13. The molecule has 0 heterocycles. The molecular weight excluding hydrogens is 256 g/mol. The normalized spacial score (nSPS) is 11.6. The van der Waals surface area contributed by atoms with Crippen molar-refractivity contribution < 1.29 is 0 Å². The average molecular weight is 277 g/mol. The molecule has 1 aromatic rings. The Morgan fingerprint density at radius 1 is 1.37 bits per heavy atom. The van der Waals surface area contributed by atoms with Crippen LogP contribution in [0.1, 0.15) is 18.9 Å². The van der Waals surface area contributed by atoms with Crippen LogP contribution in [0.25, 0.3) is 5.57 Å². The first kappa shape index (κ1) is 15.4. The van der Waals surface area contributed by atoms with Crippen molar-refractivity contribution in [2.24, 2.45) is 0 Å². The number of halogens is 1. The highest BCUT2D eigenvalue weighted by atomic mass is 35.5. The molecule has 0 bridgehead atoms. The number of allylic oxidation sites excluding steroid dienone is 2. The number of benzene rings is 1. The first-order valence-electron chi connectivity index (χ1n) is 6.34. The van der Waals surface area contributed by atoms with Gasteiger partial charge in [0.05, 0.1) is 0 Å². The van der Waals surface area contributed by atoms with Gasteiger partial charge >= 0.3 is 0 Å². The third kappa shape index (κ3) is 4.84. The van der Waals surface area contributed by atoms with Crippen LogP contribution in [0.5, 0.6) is 0 Å². The Morgan fingerprint density at radius 2 is 2.11 bits per heavy atom. The van der Waals surface area contributed by atoms with E-state index in [4.69, 9.17) is 11.6 Å². The smallest absolute Gasteiger partial charge is 0.0451 e. The first-order valence-corrected chi connectivity index (χ1v) is 6.78. The Labute approximate surface area is 120 Å². The lowest BCUT2D eigenvalue weighted by atomic mass is 10.0. The van der Waals surface area contributed by atoms with Gasteiger partial charge in [-0.25, -0.2) is 0 Å². The molecule has 0 radical (unpaired) electrons. The lowest BCUT2D eigenvalue weighted by molar-refractivity contribution is 0.831. The van der Waals surface area contributed by atoms with Crippen LogP contribution in [-0.4, -0.2) is 13.6 Å². The number of rotatable bonds is 7. The summed E-state index contributed by atoms with van der Waals surface area (Å²) < 4.78 is 0. The van der Waals surface area contributed by atoms with Crippen molar-refractivity contribution in [2.75, 3.05) is 18.9 Å². The first-order chi connectivity index (χ1) is 9.22. The molecule has 2 nitrogen and oxygen atoms in total. The molecule has 2 N–H and O–H groups in total. The van der Waals surface area contributed by atoms with Crippen LogP contribution in [0.2, 0.25) is 0 Å². The van der Waals surface area contributed by atoms with E-state index in [1.165, 1.54) is 0 Å². The van der Waals surface area contributed by atoms with Crippen LogP contribution < -0.4 is 10.6 Å². The van der Waals surface area contributed by atoms with Crippen molar-refractivity contribution in [1.29, 1.82) is 0 Å². The minimum Gasteiger partial charge on any atom is -0.388 e. The van der Waals surface area contributed by atoms with Crippen LogP contribution in [-0.2, 0) is 0 Å². The molecule has 1 rings (SSSR count). The SMILES string of the molecule is C=C(CCNC(/C=C\C)=C/Cl)c1ccccc1NC. The summed E-state index contributed by atoms with van der Waals surface area (Å²) in [6.07, 6.45) is 4.76. The molecule has 1 aromatic carbocycles. The zero-order valence-corrected chi connectivity index (χ0v) is 12.3. The van der Waals surface area contributed by atoms with Gasteiger partial charge in [-0.15, -0.1) is 0 Å². The third-order valence-electron chi connectivity index (χ3n) is 2.80. The van der Waals surface area contributed by atoms with E-state index in [-0.39, 0.29) is 0 Å². The second-order valence-electron chi connectivity index (χ2n) is 4.14. The second-order valence-corrected chi connectivity index (χ2v) is 4.36. The van der Waals surface area contributed by atoms with Crippen molar-refractivity contribution >= 4 is 22.9 Å². The van der Waals surface area contributed by atoms with E-state index >= 15 is 0 Å². The maximum Gasteiger partial charge on any atom is 0.0451 e. The van der Waals surface area contributed by atoms with Crippen molar-refractivity contribution in [1.82, 2.24) is 5.32 Å². The molecule has 0 atom stereocenters. The van der Waals surface area contributed by atoms with Crippen molar-refractivity contribution in [3.63, 3.8) is 0 Å². The molecule has 0 aliphatic heterocycles. The van der Waals surface area contributed by atoms with Gasteiger partial charge in [0.25, 0.3) is 0 Å². The number of anilines is 1. The molecule has 0 aliphatic rings. The van der Waals surface area contributed by atoms with E-state index in [1.54, 1.807) is 5.54 Å². The maximum atomic E-state index is 5.72. The Kier molecular flexibility index (Phi) is 6.83. The van der Waals surface area contributed by atoms with Crippen LogP contribution in [0.3, 0.4) is 0 Å². The molecule has 0 aliphatic carbocycles. The van der Waals surface area contributed by atoms with Gasteiger partial charge in [-0.2, -0.15) is 0 Å². The second kappa shape index (κ2) is 8.44. The maximum absolute atomic E-state index is 5.72. The summed E-state index contributed by atoms with van der Waals surface area (Å²) in [5.74, 6) is 0. The fourth-order valence-corrected chi connectivity index (χ4v) is 1.97. The Hall–Kier alpha value is -1.67. The molecule has 102 valence electrons. The Bertz CT molecular complexity index is 475. The van der Waals surface area contributed by atoms with Crippen LogP contribution in [0, 0.1) is 0 Å². The fourth-order valence-electron chi connectivity index (χ4n) is 1.82. The third-order valence-corrected chi connectivity index (χ3v) is 3.03. The van der Waals surface area contributed by atoms with E-state index in [2.05, 4.69) is 29.3 Å².